The van der Waals surface area contributed by atoms with Crippen LogP contribution in [0.1, 0.15) is 45.1 Å². The Bertz CT molecular complexity index is 1530. The van der Waals surface area contributed by atoms with Crippen LogP contribution in [-0.2, 0) is 15.7 Å². The molecule has 2 aliphatic rings. The van der Waals surface area contributed by atoms with Gasteiger partial charge in [0.1, 0.15) is 10.8 Å². The summed E-state index contributed by atoms with van der Waals surface area (Å²) in [6, 6.07) is 9.97. The molecule has 3 N–H and O–H groups in total. The number of anilines is 2. The molecule has 42 heavy (non-hydrogen) atoms. The molecule has 224 valence electrons. The second-order valence-corrected chi connectivity index (χ2v) is 11.6. The molecule has 2 aliphatic heterocycles. The van der Waals surface area contributed by atoms with Crippen molar-refractivity contribution in [2.24, 2.45) is 5.92 Å². The number of benzene rings is 1. The molecule has 13 heteroatoms. The molecule has 0 saturated carbocycles. The van der Waals surface area contributed by atoms with E-state index in [-0.39, 0.29) is 48.6 Å². The van der Waals surface area contributed by atoms with Gasteiger partial charge in [-0.15, -0.1) is 0 Å². The number of likely N-dealkylation sites (tertiary alicyclic amines) is 1. The molecule has 1 amide bonds. The fourth-order valence-electron chi connectivity index (χ4n) is 5.93. The minimum Gasteiger partial charge on any atom is -0.449 e. The van der Waals surface area contributed by atoms with Crippen molar-refractivity contribution in [2.75, 3.05) is 38.1 Å². The lowest BCUT2D eigenvalue weighted by molar-refractivity contribution is -0.185. The molecular formula is C29H34F3N7O3. The monoisotopic (exact) mass is 585 g/mol. The third-order valence-electron chi connectivity index (χ3n) is 8.35. The lowest BCUT2D eigenvalue weighted by Crippen LogP contribution is -2.48. The van der Waals surface area contributed by atoms with Crippen molar-refractivity contribution in [3.05, 3.63) is 52.4 Å². The van der Waals surface area contributed by atoms with E-state index in [4.69, 9.17) is 9.84 Å². The summed E-state index contributed by atoms with van der Waals surface area (Å²) in [5, 5.41) is 20.7. The summed E-state index contributed by atoms with van der Waals surface area (Å²) in [6.07, 6.45) is -2.39. The zero-order chi connectivity index (χ0) is 30.1. The first-order valence-corrected chi connectivity index (χ1v) is 14.0. The number of halogens is 3. The predicted molar refractivity (Wildman–Crippen MR) is 150 cm³/mol. The SMILES string of the molecule is CC(C)COC(=O)N1CCC(CC#N)(n2nc(Nc3ccc(C4(C(F)(F)F)CCNC4)cc3)c3c(=O)[nH]ccc32)CC1. The molecule has 0 spiro atoms. The van der Waals surface area contributed by atoms with Crippen molar-refractivity contribution in [3.8, 4) is 6.07 Å². The molecule has 0 radical (unpaired) electrons. The van der Waals surface area contributed by atoms with Gasteiger partial charge in [0.2, 0.25) is 0 Å². The topological polar surface area (TPSA) is 128 Å². The molecule has 2 saturated heterocycles. The summed E-state index contributed by atoms with van der Waals surface area (Å²) >= 11 is 0. The molecule has 3 aromatic rings. The molecule has 1 aromatic carbocycles. The molecule has 5 rings (SSSR count). The Morgan fingerprint density at radius 3 is 2.50 bits per heavy atom. The molecule has 1 atom stereocenters. The van der Waals surface area contributed by atoms with Crippen molar-refractivity contribution >= 4 is 28.5 Å². The fraction of sp³-hybridized carbons (Fsp3) is 0.517. The second-order valence-electron chi connectivity index (χ2n) is 11.6. The van der Waals surface area contributed by atoms with Gasteiger partial charge in [-0.05, 0) is 55.5 Å². The van der Waals surface area contributed by atoms with Crippen LogP contribution in [0.2, 0.25) is 0 Å². The van der Waals surface area contributed by atoms with Crippen LogP contribution in [0.4, 0.5) is 29.5 Å². The van der Waals surface area contributed by atoms with E-state index in [1.54, 1.807) is 27.8 Å². The number of nitrogens with one attached hydrogen (secondary N) is 3. The number of rotatable bonds is 7. The maximum atomic E-state index is 14.0. The zero-order valence-electron chi connectivity index (χ0n) is 23.6. The molecule has 2 aromatic heterocycles. The Morgan fingerprint density at radius 1 is 1.19 bits per heavy atom. The molecule has 10 nitrogen and oxygen atoms in total. The van der Waals surface area contributed by atoms with Gasteiger partial charge in [-0.3, -0.25) is 9.48 Å². The minimum atomic E-state index is -4.40. The van der Waals surface area contributed by atoms with Gasteiger partial charge in [-0.25, -0.2) is 4.79 Å². The highest BCUT2D eigenvalue weighted by atomic mass is 19.4. The molecule has 0 aliphatic carbocycles. The summed E-state index contributed by atoms with van der Waals surface area (Å²) in [7, 11) is 0. The Morgan fingerprint density at radius 2 is 1.90 bits per heavy atom. The van der Waals surface area contributed by atoms with Gasteiger partial charge in [0, 0.05) is 31.5 Å². The average molecular weight is 586 g/mol. The molecule has 0 bridgehead atoms. The van der Waals surface area contributed by atoms with E-state index in [1.165, 1.54) is 18.3 Å². The Labute approximate surface area is 240 Å². The van der Waals surface area contributed by atoms with Gasteiger partial charge in [-0.1, -0.05) is 26.0 Å². The van der Waals surface area contributed by atoms with Crippen molar-refractivity contribution in [2.45, 2.75) is 56.7 Å². The van der Waals surface area contributed by atoms with Crippen LogP contribution in [0.15, 0.2) is 41.3 Å². The van der Waals surface area contributed by atoms with Crippen molar-refractivity contribution in [1.82, 2.24) is 25.0 Å². The van der Waals surface area contributed by atoms with Gasteiger partial charge in [0.05, 0.1) is 30.2 Å². The third-order valence-corrected chi connectivity index (χ3v) is 8.35. The third kappa shape index (κ3) is 5.31. The number of nitriles is 1. The first-order chi connectivity index (χ1) is 20.0. The highest BCUT2D eigenvalue weighted by Crippen LogP contribution is 2.45. The van der Waals surface area contributed by atoms with Gasteiger partial charge in [0.25, 0.3) is 5.56 Å². The number of pyridine rings is 1. The summed E-state index contributed by atoms with van der Waals surface area (Å²) in [6.45, 7) is 5.03. The van der Waals surface area contributed by atoms with Crippen LogP contribution in [0.5, 0.6) is 0 Å². The summed E-state index contributed by atoms with van der Waals surface area (Å²) in [5.41, 5.74) is -1.98. The number of hydrogen-bond donors (Lipinski definition) is 3. The van der Waals surface area contributed by atoms with Crippen molar-refractivity contribution in [1.29, 1.82) is 5.26 Å². The molecule has 4 heterocycles. The van der Waals surface area contributed by atoms with Crippen LogP contribution in [0, 0.1) is 17.2 Å². The summed E-state index contributed by atoms with van der Waals surface area (Å²) in [5.74, 6) is 0.432. The van der Waals surface area contributed by atoms with Gasteiger partial charge >= 0.3 is 12.3 Å². The summed E-state index contributed by atoms with van der Waals surface area (Å²) in [4.78, 5) is 29.8. The standard InChI is InChI=1S/C29H34F3N7O3/c1-19(2)17-42-26(41)38-15-10-27(8-12-33,11-16-38)39-22-7-13-35-25(40)23(22)24(37-39)36-21-5-3-20(4-6-21)28(29(30,31)32)9-14-34-18-28/h3-7,13,19,34H,8-11,14-18H2,1-2H3,(H,35,40)(H,36,37). The number of hydrogen-bond acceptors (Lipinski definition) is 7. The number of aromatic amines is 1. The van der Waals surface area contributed by atoms with Gasteiger partial charge in [0.15, 0.2) is 5.82 Å². The van der Waals surface area contributed by atoms with E-state index in [0.717, 1.165) is 0 Å². The van der Waals surface area contributed by atoms with E-state index in [1.807, 2.05) is 13.8 Å². The van der Waals surface area contributed by atoms with Crippen LogP contribution < -0.4 is 16.2 Å². The second kappa shape index (κ2) is 11.3. The molecular weight excluding hydrogens is 551 g/mol. The van der Waals surface area contributed by atoms with Gasteiger partial charge in [-0.2, -0.15) is 23.5 Å². The van der Waals surface area contributed by atoms with E-state index >= 15 is 0 Å². The maximum absolute atomic E-state index is 14.0. The number of alkyl halides is 3. The van der Waals surface area contributed by atoms with Crippen LogP contribution in [0.25, 0.3) is 10.9 Å². The Kier molecular flexibility index (Phi) is 7.94. The van der Waals surface area contributed by atoms with Crippen LogP contribution in [0.3, 0.4) is 0 Å². The quantitative estimate of drug-likeness (QED) is 0.365. The molecule has 2 fully saturated rings. The number of nitrogens with zero attached hydrogens (tertiary/aromatic N) is 4. The summed E-state index contributed by atoms with van der Waals surface area (Å²) < 4.78 is 49.1. The van der Waals surface area contributed by atoms with Gasteiger partial charge < -0.3 is 25.3 Å². The number of piperidine rings is 1. The van der Waals surface area contributed by atoms with Crippen LogP contribution >= 0.6 is 0 Å². The number of aromatic nitrogens is 3. The minimum absolute atomic E-state index is 0.0401. The van der Waals surface area contributed by atoms with E-state index in [2.05, 4.69) is 21.7 Å². The lowest BCUT2D eigenvalue weighted by atomic mass is 9.79. The number of carbonyl (C=O) groups is 1. The Hall–Kier alpha value is -4.05. The predicted octanol–water partition coefficient (Wildman–Crippen LogP) is 4.76. The Balaban J connectivity index is 1.44. The van der Waals surface area contributed by atoms with E-state index < -0.39 is 28.8 Å². The highest BCUT2D eigenvalue weighted by molar-refractivity contribution is 5.91. The smallest absolute Gasteiger partial charge is 0.409 e. The van der Waals surface area contributed by atoms with E-state index in [0.29, 0.717) is 43.7 Å². The zero-order valence-corrected chi connectivity index (χ0v) is 23.6. The van der Waals surface area contributed by atoms with Crippen molar-refractivity contribution < 1.29 is 22.7 Å². The maximum Gasteiger partial charge on any atom is 0.409 e. The normalized spacial score (nSPS) is 20.5. The largest absolute Gasteiger partial charge is 0.449 e. The van der Waals surface area contributed by atoms with Crippen LogP contribution in [-0.4, -0.2) is 64.7 Å². The molecule has 1 unspecified atom stereocenters. The average Bonchev–Trinajstić information content (AvgIpc) is 3.60. The first-order valence-electron chi connectivity index (χ1n) is 14.0. The van der Waals surface area contributed by atoms with E-state index in [9.17, 15) is 28.0 Å². The fourth-order valence-corrected chi connectivity index (χ4v) is 5.93. The number of carbonyl (C=O) groups excluding carboxylic acids is 1. The number of amides is 1. The number of ether oxygens (including phenoxy) is 1. The number of H-pyrrole nitrogens is 1. The lowest BCUT2D eigenvalue weighted by Gasteiger charge is -2.40. The first kappa shape index (κ1) is 29.4. The highest BCUT2D eigenvalue weighted by Gasteiger charge is 2.57. The van der Waals surface area contributed by atoms with Crippen molar-refractivity contribution in [3.63, 3.8) is 0 Å². The number of fused-ring (bicyclic) bond motifs is 1.